The Kier molecular flexibility index (Phi) is 4.25. The number of carbonyl (C=O) groups excluding carboxylic acids is 1. The maximum atomic E-state index is 12.1. The minimum Gasteiger partial charge on any atom is -0.272 e. The van der Waals surface area contributed by atoms with Gasteiger partial charge in [-0.3, -0.25) is 9.80 Å². The molecular formula is C17H21N5O. The van der Waals surface area contributed by atoms with E-state index in [1.54, 1.807) is 22.2 Å². The van der Waals surface area contributed by atoms with E-state index >= 15 is 0 Å². The summed E-state index contributed by atoms with van der Waals surface area (Å²) in [6.45, 7) is 5.79. The van der Waals surface area contributed by atoms with Gasteiger partial charge in [-0.05, 0) is 32.4 Å². The van der Waals surface area contributed by atoms with E-state index < -0.39 is 0 Å². The van der Waals surface area contributed by atoms with Gasteiger partial charge in [-0.15, -0.1) is 5.10 Å². The van der Waals surface area contributed by atoms with Gasteiger partial charge in [0.05, 0.1) is 0 Å². The average Bonchev–Trinajstić information content (AvgIpc) is 3.12. The Balaban J connectivity index is 1.74. The fourth-order valence-electron chi connectivity index (χ4n) is 2.83. The maximum Gasteiger partial charge on any atom is 0.262 e. The van der Waals surface area contributed by atoms with E-state index in [2.05, 4.69) is 42.1 Å². The molecular weight excluding hydrogens is 290 g/mol. The molecule has 0 N–H and O–H groups in total. The van der Waals surface area contributed by atoms with Crippen LogP contribution in [0.4, 0.5) is 0 Å². The fraction of sp³-hybridized carbons (Fsp3) is 0.353. The summed E-state index contributed by atoms with van der Waals surface area (Å²) < 4.78 is 1.57. The van der Waals surface area contributed by atoms with Crippen molar-refractivity contribution in [1.29, 1.82) is 0 Å². The third kappa shape index (κ3) is 3.48. The van der Waals surface area contributed by atoms with Crippen LogP contribution in [0, 0.1) is 13.8 Å². The Morgan fingerprint density at radius 2 is 1.91 bits per heavy atom. The molecule has 0 unspecified atom stereocenters. The number of hydrogen-bond donors (Lipinski definition) is 0. The number of benzene rings is 1. The van der Waals surface area contributed by atoms with Gasteiger partial charge in [-0.1, -0.05) is 17.2 Å². The summed E-state index contributed by atoms with van der Waals surface area (Å²) in [5.74, 6) is 0.626. The molecule has 2 heterocycles. The van der Waals surface area contributed by atoms with Crippen molar-refractivity contribution in [3.63, 3.8) is 0 Å². The lowest BCUT2D eigenvalue weighted by atomic mass is 10.1. The number of hydrazine groups is 1. The van der Waals surface area contributed by atoms with E-state index in [1.165, 1.54) is 17.2 Å². The van der Waals surface area contributed by atoms with Crippen molar-refractivity contribution >= 4 is 12.1 Å². The number of hydrogen-bond acceptors (Lipinski definition) is 4. The molecule has 0 radical (unpaired) electrons. The van der Waals surface area contributed by atoms with Gasteiger partial charge in [0.2, 0.25) is 0 Å². The first kappa shape index (κ1) is 15.4. The zero-order valence-electron chi connectivity index (χ0n) is 13.7. The number of amides is 1. The number of nitrogens with zero attached hydrogens (tertiary/aromatic N) is 5. The van der Waals surface area contributed by atoms with Gasteiger partial charge in [-0.25, -0.2) is 14.7 Å². The largest absolute Gasteiger partial charge is 0.272 e. The van der Waals surface area contributed by atoms with Crippen LogP contribution in [-0.4, -0.2) is 50.8 Å². The lowest BCUT2D eigenvalue weighted by molar-refractivity contribution is -0.136. The van der Waals surface area contributed by atoms with Gasteiger partial charge in [0.25, 0.3) is 5.91 Å². The molecule has 1 aliphatic heterocycles. The zero-order valence-corrected chi connectivity index (χ0v) is 13.7. The second-order valence-electron chi connectivity index (χ2n) is 5.94. The Morgan fingerprint density at radius 1 is 1.17 bits per heavy atom. The first-order chi connectivity index (χ1) is 11.0. The number of carbonyl (C=O) groups is 1. The molecule has 0 spiro atoms. The highest BCUT2D eigenvalue weighted by Crippen LogP contribution is 2.18. The van der Waals surface area contributed by atoms with E-state index in [1.807, 2.05) is 12.1 Å². The molecule has 3 rings (SSSR count). The molecule has 6 nitrogen and oxygen atoms in total. The van der Waals surface area contributed by atoms with Gasteiger partial charge in [0, 0.05) is 38.0 Å². The normalized spacial score (nSPS) is 15.7. The summed E-state index contributed by atoms with van der Waals surface area (Å²) in [6, 6.07) is 6.23. The predicted octanol–water partition coefficient (Wildman–Crippen LogP) is 2.11. The standard InChI is InChI=1S/C17H21N5O/c1-13-9-14(2)11-15(10-13)17-18-12-21(19-17)8-5-16(23)22-7-4-6-20(22)3/h5,8-12H,4,6-7H2,1-3H3/b8-5-. The molecule has 2 aromatic rings. The van der Waals surface area contributed by atoms with Gasteiger partial charge >= 0.3 is 0 Å². The molecule has 0 aliphatic carbocycles. The molecule has 1 aromatic carbocycles. The summed E-state index contributed by atoms with van der Waals surface area (Å²) in [6.07, 6.45) is 5.80. The van der Waals surface area contributed by atoms with Crippen molar-refractivity contribution in [3.8, 4) is 11.4 Å². The summed E-state index contributed by atoms with van der Waals surface area (Å²) in [5.41, 5.74) is 3.35. The molecule has 1 amide bonds. The van der Waals surface area contributed by atoms with Gasteiger partial charge in [0.15, 0.2) is 5.82 Å². The van der Waals surface area contributed by atoms with Crippen LogP contribution in [0.2, 0.25) is 0 Å². The van der Waals surface area contributed by atoms with Crippen LogP contribution in [0.3, 0.4) is 0 Å². The van der Waals surface area contributed by atoms with Crippen LogP contribution in [0.1, 0.15) is 17.5 Å². The number of rotatable bonds is 3. The highest BCUT2D eigenvalue weighted by atomic mass is 16.2. The van der Waals surface area contributed by atoms with Crippen molar-refractivity contribution < 1.29 is 4.79 Å². The maximum absolute atomic E-state index is 12.1. The molecule has 0 atom stereocenters. The molecule has 0 bridgehead atoms. The third-order valence-corrected chi connectivity index (χ3v) is 3.88. The quantitative estimate of drug-likeness (QED) is 0.815. The second-order valence-corrected chi connectivity index (χ2v) is 5.94. The highest BCUT2D eigenvalue weighted by Gasteiger charge is 2.21. The van der Waals surface area contributed by atoms with E-state index in [9.17, 15) is 4.79 Å². The van der Waals surface area contributed by atoms with Gasteiger partial charge < -0.3 is 0 Å². The fourth-order valence-corrected chi connectivity index (χ4v) is 2.83. The smallest absolute Gasteiger partial charge is 0.262 e. The first-order valence-electron chi connectivity index (χ1n) is 7.73. The van der Waals surface area contributed by atoms with Crippen LogP contribution in [-0.2, 0) is 4.79 Å². The summed E-state index contributed by atoms with van der Waals surface area (Å²) in [4.78, 5) is 16.5. The van der Waals surface area contributed by atoms with Crippen LogP contribution in [0.15, 0.2) is 30.6 Å². The molecule has 1 aliphatic rings. The first-order valence-corrected chi connectivity index (χ1v) is 7.73. The van der Waals surface area contributed by atoms with Crippen molar-refractivity contribution in [1.82, 2.24) is 24.8 Å². The minimum absolute atomic E-state index is 0.0338. The Labute approximate surface area is 136 Å². The van der Waals surface area contributed by atoms with Gasteiger partial charge in [-0.2, -0.15) is 0 Å². The summed E-state index contributed by atoms with van der Waals surface area (Å²) in [7, 11) is 1.92. The van der Waals surface area contributed by atoms with E-state index in [0.717, 1.165) is 25.1 Å². The Hall–Kier alpha value is -2.47. The SMILES string of the molecule is Cc1cc(C)cc(-c2ncn(/C=C\C(=O)N3CCCN3C)n2)c1. The van der Waals surface area contributed by atoms with Crippen molar-refractivity contribution in [2.24, 2.45) is 0 Å². The van der Waals surface area contributed by atoms with Crippen LogP contribution >= 0.6 is 0 Å². The van der Waals surface area contributed by atoms with E-state index in [-0.39, 0.29) is 5.91 Å². The predicted molar refractivity (Wildman–Crippen MR) is 89.2 cm³/mol. The Bertz CT molecular complexity index is 729. The molecule has 6 heteroatoms. The lowest BCUT2D eigenvalue weighted by Gasteiger charge is -2.22. The van der Waals surface area contributed by atoms with Crippen molar-refractivity contribution in [2.45, 2.75) is 20.3 Å². The van der Waals surface area contributed by atoms with Crippen molar-refractivity contribution in [2.75, 3.05) is 20.1 Å². The second kappa shape index (κ2) is 6.34. The molecule has 1 saturated heterocycles. The molecule has 23 heavy (non-hydrogen) atoms. The van der Waals surface area contributed by atoms with Crippen LogP contribution in [0.5, 0.6) is 0 Å². The lowest BCUT2D eigenvalue weighted by Crippen LogP contribution is -2.37. The number of aryl methyl sites for hydroxylation is 2. The summed E-state index contributed by atoms with van der Waals surface area (Å²) in [5, 5.41) is 8.09. The van der Waals surface area contributed by atoms with Crippen LogP contribution < -0.4 is 0 Å². The van der Waals surface area contributed by atoms with Gasteiger partial charge in [0.1, 0.15) is 6.33 Å². The Morgan fingerprint density at radius 3 is 2.57 bits per heavy atom. The topological polar surface area (TPSA) is 54.3 Å². The minimum atomic E-state index is -0.0338. The molecule has 0 saturated carbocycles. The molecule has 120 valence electrons. The highest BCUT2D eigenvalue weighted by molar-refractivity contribution is 5.89. The molecule has 1 aromatic heterocycles. The van der Waals surface area contributed by atoms with E-state index in [4.69, 9.17) is 0 Å². The van der Waals surface area contributed by atoms with E-state index in [0.29, 0.717) is 5.82 Å². The number of aromatic nitrogens is 3. The van der Waals surface area contributed by atoms with Crippen molar-refractivity contribution in [3.05, 3.63) is 41.7 Å². The summed E-state index contributed by atoms with van der Waals surface area (Å²) >= 11 is 0. The molecule has 1 fully saturated rings. The monoisotopic (exact) mass is 311 g/mol. The van der Waals surface area contributed by atoms with Crippen LogP contribution in [0.25, 0.3) is 17.6 Å². The average molecular weight is 311 g/mol. The zero-order chi connectivity index (χ0) is 16.4. The third-order valence-electron chi connectivity index (χ3n) is 3.88.